The fourth-order valence-electron chi connectivity index (χ4n) is 1.41. The van der Waals surface area contributed by atoms with Gasteiger partial charge in [0.1, 0.15) is 6.33 Å². The van der Waals surface area contributed by atoms with Gasteiger partial charge in [0.2, 0.25) is 5.82 Å². The first kappa shape index (κ1) is 12.6. The highest BCUT2D eigenvalue weighted by Gasteiger charge is 2.23. The van der Waals surface area contributed by atoms with Crippen molar-refractivity contribution in [1.29, 1.82) is 0 Å². The van der Waals surface area contributed by atoms with E-state index in [1.165, 1.54) is 13.4 Å². The summed E-state index contributed by atoms with van der Waals surface area (Å²) in [5.41, 5.74) is 0.322. The second-order valence-electron chi connectivity index (χ2n) is 3.41. The number of methoxy groups -OCH3 is 1. The molecule has 0 spiro atoms. The lowest BCUT2D eigenvalue weighted by molar-refractivity contribution is -0.385. The van der Waals surface area contributed by atoms with Gasteiger partial charge in [-0.2, -0.15) is 15.2 Å². The second-order valence-corrected chi connectivity index (χ2v) is 3.41. The van der Waals surface area contributed by atoms with Crippen molar-refractivity contribution in [3.63, 3.8) is 0 Å². The molecule has 0 saturated carbocycles. The number of ether oxygens (including phenoxy) is 1. The van der Waals surface area contributed by atoms with Gasteiger partial charge in [-0.3, -0.25) is 10.1 Å². The van der Waals surface area contributed by atoms with Crippen LogP contribution in [0.5, 0.6) is 5.88 Å². The zero-order valence-corrected chi connectivity index (χ0v) is 9.98. The average molecular weight is 262 g/mol. The zero-order chi connectivity index (χ0) is 13.7. The Morgan fingerprint density at radius 3 is 2.95 bits per heavy atom. The zero-order valence-electron chi connectivity index (χ0n) is 9.98. The van der Waals surface area contributed by atoms with Crippen molar-refractivity contribution in [2.24, 2.45) is 0 Å². The van der Waals surface area contributed by atoms with Crippen LogP contribution in [0.25, 0.3) is 0 Å². The first-order valence-corrected chi connectivity index (χ1v) is 5.26. The Morgan fingerprint density at radius 2 is 2.32 bits per heavy atom. The van der Waals surface area contributed by atoms with Crippen molar-refractivity contribution in [3.8, 4) is 5.88 Å². The lowest BCUT2D eigenvalue weighted by atomic mass is 10.3. The Balaban J connectivity index is 2.23. The molecule has 19 heavy (non-hydrogen) atoms. The molecule has 0 aliphatic heterocycles. The van der Waals surface area contributed by atoms with E-state index < -0.39 is 4.92 Å². The molecule has 0 aromatic carbocycles. The van der Waals surface area contributed by atoms with E-state index in [9.17, 15) is 10.1 Å². The number of anilines is 1. The summed E-state index contributed by atoms with van der Waals surface area (Å²) in [6.45, 7) is 0.259. The maximum absolute atomic E-state index is 11.0. The van der Waals surface area contributed by atoms with Crippen molar-refractivity contribution < 1.29 is 9.66 Å². The minimum Gasteiger partial charge on any atom is -0.476 e. The first-order chi connectivity index (χ1) is 9.22. The Kier molecular flexibility index (Phi) is 3.76. The topological polar surface area (TPSA) is 116 Å². The van der Waals surface area contributed by atoms with Crippen LogP contribution in [0.4, 0.5) is 11.5 Å². The van der Waals surface area contributed by atoms with Crippen molar-refractivity contribution in [3.05, 3.63) is 40.5 Å². The molecular weight excluding hydrogens is 252 g/mol. The first-order valence-electron chi connectivity index (χ1n) is 5.26. The summed E-state index contributed by atoms with van der Waals surface area (Å²) in [7, 11) is 1.31. The number of aromatic nitrogens is 4. The summed E-state index contributed by atoms with van der Waals surface area (Å²) in [5.74, 6) is -0.0239. The smallest absolute Gasteiger partial charge is 0.372 e. The lowest BCUT2D eigenvalue weighted by Crippen LogP contribution is -2.08. The van der Waals surface area contributed by atoms with Gasteiger partial charge >= 0.3 is 5.69 Å². The van der Waals surface area contributed by atoms with Crippen LogP contribution in [-0.4, -0.2) is 32.2 Å². The molecule has 2 aromatic rings. The van der Waals surface area contributed by atoms with E-state index in [1.54, 1.807) is 18.3 Å². The van der Waals surface area contributed by atoms with E-state index in [-0.39, 0.29) is 23.9 Å². The molecule has 0 amide bonds. The SMILES string of the molecule is COc1ncnc(NCc2cccnn2)c1[N+](=O)[O-]. The van der Waals surface area contributed by atoms with E-state index in [1.807, 2.05) is 0 Å². The highest BCUT2D eigenvalue weighted by atomic mass is 16.6. The van der Waals surface area contributed by atoms with Crippen LogP contribution < -0.4 is 10.1 Å². The van der Waals surface area contributed by atoms with E-state index in [0.29, 0.717) is 5.69 Å². The predicted molar refractivity (Wildman–Crippen MR) is 64.6 cm³/mol. The third-order valence-corrected chi connectivity index (χ3v) is 2.23. The van der Waals surface area contributed by atoms with Crippen LogP contribution in [0.3, 0.4) is 0 Å². The van der Waals surface area contributed by atoms with Gasteiger partial charge in [0, 0.05) is 6.20 Å². The van der Waals surface area contributed by atoms with Crippen LogP contribution in [0, 0.1) is 10.1 Å². The summed E-state index contributed by atoms with van der Waals surface area (Å²) < 4.78 is 4.84. The van der Waals surface area contributed by atoms with E-state index >= 15 is 0 Å². The molecule has 9 heteroatoms. The normalized spacial score (nSPS) is 9.95. The fraction of sp³-hybridized carbons (Fsp3) is 0.200. The molecule has 0 fully saturated rings. The van der Waals surface area contributed by atoms with Gasteiger partial charge in [0.05, 0.1) is 24.3 Å². The molecule has 0 aliphatic rings. The molecule has 9 nitrogen and oxygen atoms in total. The molecular formula is C10H10N6O3. The molecule has 2 heterocycles. The number of nitrogens with one attached hydrogen (secondary N) is 1. The van der Waals surface area contributed by atoms with Gasteiger partial charge in [-0.25, -0.2) is 4.98 Å². The largest absolute Gasteiger partial charge is 0.476 e. The van der Waals surface area contributed by atoms with Crippen LogP contribution in [0.2, 0.25) is 0 Å². The van der Waals surface area contributed by atoms with Crippen molar-refractivity contribution in [1.82, 2.24) is 20.2 Å². The van der Waals surface area contributed by atoms with Crippen molar-refractivity contribution in [2.75, 3.05) is 12.4 Å². The van der Waals surface area contributed by atoms with Crippen molar-refractivity contribution in [2.45, 2.75) is 6.54 Å². The molecule has 0 saturated heterocycles. The fourth-order valence-corrected chi connectivity index (χ4v) is 1.41. The minimum absolute atomic E-state index is 0.0718. The Bertz CT molecular complexity index is 577. The predicted octanol–water partition coefficient (Wildman–Crippen LogP) is 0.795. The molecule has 2 aromatic heterocycles. The Morgan fingerprint density at radius 1 is 1.47 bits per heavy atom. The number of rotatable bonds is 5. The highest BCUT2D eigenvalue weighted by molar-refractivity contribution is 5.61. The average Bonchev–Trinajstić information content (AvgIpc) is 2.45. The maximum atomic E-state index is 11.0. The lowest BCUT2D eigenvalue weighted by Gasteiger charge is -2.06. The monoisotopic (exact) mass is 262 g/mol. The van der Waals surface area contributed by atoms with E-state index in [4.69, 9.17) is 4.74 Å². The van der Waals surface area contributed by atoms with E-state index in [0.717, 1.165) is 0 Å². The standard InChI is InChI=1S/C10H10N6O3/c1-19-10-8(16(17)18)9(12-6-13-10)11-5-7-3-2-4-14-15-7/h2-4,6H,5H2,1H3,(H,11,12,13). The summed E-state index contributed by atoms with van der Waals surface area (Å²) in [6.07, 6.45) is 2.73. The highest BCUT2D eigenvalue weighted by Crippen LogP contribution is 2.30. The maximum Gasteiger partial charge on any atom is 0.372 e. The molecule has 0 aliphatic carbocycles. The quantitative estimate of drug-likeness (QED) is 0.621. The van der Waals surface area contributed by atoms with Crippen LogP contribution in [-0.2, 0) is 6.54 Å². The van der Waals surface area contributed by atoms with Gasteiger partial charge in [-0.1, -0.05) is 0 Å². The number of hydrogen-bond donors (Lipinski definition) is 1. The van der Waals surface area contributed by atoms with Gasteiger partial charge in [0.25, 0.3) is 5.88 Å². The third-order valence-electron chi connectivity index (χ3n) is 2.23. The van der Waals surface area contributed by atoms with Gasteiger partial charge < -0.3 is 10.1 Å². The molecule has 2 rings (SSSR count). The summed E-state index contributed by atoms with van der Waals surface area (Å²) in [5, 5.41) is 21.4. The van der Waals surface area contributed by atoms with Gasteiger partial charge in [-0.15, -0.1) is 0 Å². The molecule has 0 radical (unpaired) electrons. The summed E-state index contributed by atoms with van der Waals surface area (Å²) >= 11 is 0. The van der Waals surface area contributed by atoms with Gasteiger partial charge in [0.15, 0.2) is 0 Å². The molecule has 0 atom stereocenters. The summed E-state index contributed by atoms with van der Waals surface area (Å²) in [6, 6.07) is 3.46. The number of hydrogen-bond acceptors (Lipinski definition) is 8. The summed E-state index contributed by atoms with van der Waals surface area (Å²) in [4.78, 5) is 17.9. The van der Waals surface area contributed by atoms with Crippen LogP contribution in [0.1, 0.15) is 5.69 Å². The molecule has 0 bridgehead atoms. The minimum atomic E-state index is -0.599. The third kappa shape index (κ3) is 2.89. The molecule has 1 N–H and O–H groups in total. The van der Waals surface area contributed by atoms with Crippen LogP contribution in [0.15, 0.2) is 24.7 Å². The van der Waals surface area contributed by atoms with Crippen LogP contribution >= 0.6 is 0 Å². The number of nitro groups is 1. The Labute approximate surface area is 107 Å². The molecule has 0 unspecified atom stereocenters. The van der Waals surface area contributed by atoms with E-state index in [2.05, 4.69) is 25.5 Å². The second kappa shape index (κ2) is 5.67. The van der Waals surface area contributed by atoms with Gasteiger partial charge in [-0.05, 0) is 12.1 Å². The van der Waals surface area contributed by atoms with Crippen molar-refractivity contribution >= 4 is 11.5 Å². The molecule has 98 valence electrons. The Hall–Kier alpha value is -2.84. The number of nitrogens with zero attached hydrogens (tertiary/aromatic N) is 5.